The first-order valence-electron chi connectivity index (χ1n) is 6.78. The lowest BCUT2D eigenvalue weighted by atomic mass is 10.1. The van der Waals surface area contributed by atoms with Crippen LogP contribution in [0.25, 0.3) is 0 Å². The van der Waals surface area contributed by atoms with E-state index in [-0.39, 0.29) is 18.2 Å². The van der Waals surface area contributed by atoms with Crippen molar-refractivity contribution in [1.29, 1.82) is 0 Å². The topological polar surface area (TPSA) is 67.4 Å². The molecule has 0 aliphatic rings. The molecule has 0 bridgehead atoms. The molecule has 0 saturated heterocycles. The number of carbonyl (C=O) groups excluding carboxylic acids is 2. The second-order valence-corrected chi connectivity index (χ2v) is 4.46. The van der Waals surface area contributed by atoms with Crippen LogP contribution in [0.3, 0.4) is 0 Å². The Morgan fingerprint density at radius 2 is 1.70 bits per heavy atom. The lowest BCUT2D eigenvalue weighted by Gasteiger charge is -2.06. The second-order valence-electron chi connectivity index (χ2n) is 4.46. The fourth-order valence-corrected chi connectivity index (χ4v) is 1.73. The normalized spacial score (nSPS) is 10.1. The van der Waals surface area contributed by atoms with E-state index in [0.29, 0.717) is 19.7 Å². The number of nitrogens with one attached hydrogen (secondary N) is 2. The largest absolute Gasteiger partial charge is 0.383 e. The Morgan fingerprint density at radius 1 is 1.05 bits per heavy atom. The standard InChI is InChI=1S/C15H22N2O3/c1-20-11-10-17-15(19)12-14(18)16-9-5-8-13-6-3-2-4-7-13/h2-4,6-7H,5,8-12H2,1H3,(H,16,18)(H,17,19). The predicted molar refractivity (Wildman–Crippen MR) is 77.3 cm³/mol. The van der Waals surface area contributed by atoms with Crippen LogP contribution in [0, 0.1) is 0 Å². The minimum atomic E-state index is -0.275. The van der Waals surface area contributed by atoms with E-state index in [0.717, 1.165) is 12.8 Å². The van der Waals surface area contributed by atoms with Crippen LogP contribution in [-0.4, -0.2) is 38.6 Å². The van der Waals surface area contributed by atoms with Crippen LogP contribution in [0.4, 0.5) is 0 Å². The highest BCUT2D eigenvalue weighted by Crippen LogP contribution is 2.01. The van der Waals surface area contributed by atoms with Gasteiger partial charge < -0.3 is 15.4 Å². The van der Waals surface area contributed by atoms with Crippen molar-refractivity contribution >= 4 is 11.8 Å². The molecule has 0 aliphatic carbocycles. The van der Waals surface area contributed by atoms with Gasteiger partial charge in [-0.1, -0.05) is 30.3 Å². The molecule has 110 valence electrons. The summed E-state index contributed by atoms with van der Waals surface area (Å²) in [6.45, 7) is 1.46. The maximum Gasteiger partial charge on any atom is 0.229 e. The SMILES string of the molecule is COCCNC(=O)CC(=O)NCCCc1ccccc1. The summed E-state index contributed by atoms with van der Waals surface area (Å²) in [6.07, 6.45) is 1.65. The van der Waals surface area contributed by atoms with Crippen LogP contribution in [-0.2, 0) is 20.7 Å². The van der Waals surface area contributed by atoms with Gasteiger partial charge in [0.05, 0.1) is 6.61 Å². The first kappa shape index (κ1) is 16.2. The highest BCUT2D eigenvalue weighted by Gasteiger charge is 2.07. The average molecular weight is 278 g/mol. The molecule has 2 amide bonds. The van der Waals surface area contributed by atoms with Crippen LogP contribution in [0.1, 0.15) is 18.4 Å². The molecule has 1 aromatic rings. The van der Waals surface area contributed by atoms with Gasteiger partial charge in [0.15, 0.2) is 0 Å². The summed E-state index contributed by atoms with van der Waals surface area (Å²) in [5, 5.41) is 5.35. The van der Waals surface area contributed by atoms with E-state index < -0.39 is 0 Å². The van der Waals surface area contributed by atoms with E-state index in [1.54, 1.807) is 7.11 Å². The van der Waals surface area contributed by atoms with Crippen molar-refractivity contribution in [2.24, 2.45) is 0 Å². The second kappa shape index (κ2) is 9.97. The number of hydrogen-bond donors (Lipinski definition) is 2. The van der Waals surface area contributed by atoms with Gasteiger partial charge in [0.25, 0.3) is 0 Å². The van der Waals surface area contributed by atoms with Crippen LogP contribution >= 0.6 is 0 Å². The number of ether oxygens (including phenoxy) is 1. The van der Waals surface area contributed by atoms with Gasteiger partial charge in [-0.05, 0) is 18.4 Å². The third-order valence-corrected chi connectivity index (χ3v) is 2.76. The van der Waals surface area contributed by atoms with E-state index in [1.165, 1.54) is 5.56 Å². The fourth-order valence-electron chi connectivity index (χ4n) is 1.73. The van der Waals surface area contributed by atoms with E-state index in [9.17, 15) is 9.59 Å². The highest BCUT2D eigenvalue weighted by molar-refractivity contribution is 5.96. The van der Waals surface area contributed by atoms with Gasteiger partial charge in [0, 0.05) is 20.2 Å². The molecule has 1 aromatic carbocycles. The van der Waals surface area contributed by atoms with E-state index in [4.69, 9.17) is 4.74 Å². The van der Waals surface area contributed by atoms with Gasteiger partial charge in [-0.25, -0.2) is 0 Å². The molecule has 5 nitrogen and oxygen atoms in total. The molecule has 0 unspecified atom stereocenters. The molecule has 5 heteroatoms. The van der Waals surface area contributed by atoms with Crippen molar-refractivity contribution in [2.75, 3.05) is 26.8 Å². The summed E-state index contributed by atoms with van der Waals surface area (Å²) >= 11 is 0. The summed E-state index contributed by atoms with van der Waals surface area (Å²) in [7, 11) is 1.56. The van der Waals surface area contributed by atoms with Gasteiger partial charge in [-0.15, -0.1) is 0 Å². The zero-order valence-electron chi connectivity index (χ0n) is 11.9. The number of hydrogen-bond acceptors (Lipinski definition) is 3. The van der Waals surface area contributed by atoms with Gasteiger partial charge in [0.2, 0.25) is 11.8 Å². The maximum absolute atomic E-state index is 11.5. The molecule has 0 radical (unpaired) electrons. The van der Waals surface area contributed by atoms with Crippen molar-refractivity contribution in [3.8, 4) is 0 Å². The van der Waals surface area contributed by atoms with Gasteiger partial charge in [-0.2, -0.15) is 0 Å². The number of methoxy groups -OCH3 is 1. The number of amides is 2. The first-order valence-corrected chi connectivity index (χ1v) is 6.78. The number of rotatable bonds is 9. The lowest BCUT2D eigenvalue weighted by molar-refractivity contribution is -0.129. The molecule has 20 heavy (non-hydrogen) atoms. The average Bonchev–Trinajstić information content (AvgIpc) is 2.45. The minimum absolute atomic E-state index is 0.130. The maximum atomic E-state index is 11.5. The smallest absolute Gasteiger partial charge is 0.229 e. The quantitative estimate of drug-likeness (QED) is 0.521. The lowest BCUT2D eigenvalue weighted by Crippen LogP contribution is -2.33. The van der Waals surface area contributed by atoms with Crippen LogP contribution in [0.15, 0.2) is 30.3 Å². The summed E-state index contributed by atoms with van der Waals surface area (Å²) in [5.74, 6) is -0.518. The number of carbonyl (C=O) groups is 2. The summed E-state index contributed by atoms with van der Waals surface area (Å²) < 4.78 is 4.80. The molecule has 0 atom stereocenters. The molecule has 0 saturated carbocycles. The van der Waals surface area contributed by atoms with Crippen molar-refractivity contribution in [1.82, 2.24) is 10.6 Å². The monoisotopic (exact) mass is 278 g/mol. The van der Waals surface area contributed by atoms with Crippen molar-refractivity contribution in [3.63, 3.8) is 0 Å². The predicted octanol–water partition coefficient (Wildman–Crippen LogP) is 0.888. The Morgan fingerprint density at radius 3 is 2.35 bits per heavy atom. The van der Waals surface area contributed by atoms with Crippen molar-refractivity contribution < 1.29 is 14.3 Å². The highest BCUT2D eigenvalue weighted by atomic mass is 16.5. The third kappa shape index (κ3) is 7.53. The molecule has 0 fully saturated rings. The van der Waals surface area contributed by atoms with Crippen LogP contribution in [0.2, 0.25) is 0 Å². The van der Waals surface area contributed by atoms with Crippen molar-refractivity contribution in [2.45, 2.75) is 19.3 Å². The Labute approximate surface area is 119 Å². The third-order valence-electron chi connectivity index (χ3n) is 2.76. The first-order chi connectivity index (χ1) is 9.72. The Hall–Kier alpha value is -1.88. The Balaban J connectivity index is 2.06. The van der Waals surface area contributed by atoms with E-state index in [2.05, 4.69) is 22.8 Å². The zero-order valence-corrected chi connectivity index (χ0v) is 11.9. The molecule has 0 heterocycles. The molecular weight excluding hydrogens is 256 g/mol. The molecule has 0 spiro atoms. The summed E-state index contributed by atoms with van der Waals surface area (Å²) in [4.78, 5) is 22.8. The van der Waals surface area contributed by atoms with Crippen molar-refractivity contribution in [3.05, 3.63) is 35.9 Å². The van der Waals surface area contributed by atoms with Gasteiger partial charge in [0.1, 0.15) is 6.42 Å². The molecule has 1 rings (SSSR count). The molecular formula is C15H22N2O3. The summed E-state index contributed by atoms with van der Waals surface area (Å²) in [5.41, 5.74) is 1.25. The Bertz CT molecular complexity index is 407. The summed E-state index contributed by atoms with van der Waals surface area (Å²) in [6, 6.07) is 10.1. The Kier molecular flexibility index (Phi) is 8.07. The van der Waals surface area contributed by atoms with Gasteiger partial charge >= 0.3 is 0 Å². The fraction of sp³-hybridized carbons (Fsp3) is 0.467. The molecule has 0 aliphatic heterocycles. The number of aryl methyl sites for hydroxylation is 1. The van der Waals surface area contributed by atoms with Gasteiger partial charge in [-0.3, -0.25) is 9.59 Å². The van der Waals surface area contributed by atoms with E-state index >= 15 is 0 Å². The minimum Gasteiger partial charge on any atom is -0.383 e. The zero-order chi connectivity index (χ0) is 14.6. The number of benzene rings is 1. The molecule has 0 aromatic heterocycles. The molecule has 2 N–H and O–H groups in total. The van der Waals surface area contributed by atoms with E-state index in [1.807, 2.05) is 18.2 Å². The van der Waals surface area contributed by atoms with Crippen LogP contribution in [0.5, 0.6) is 0 Å². The van der Waals surface area contributed by atoms with Crippen LogP contribution < -0.4 is 10.6 Å².